The van der Waals surface area contributed by atoms with Crippen LogP contribution in [-0.4, -0.2) is 20.6 Å². The summed E-state index contributed by atoms with van der Waals surface area (Å²) in [5.74, 6) is -0.462. The first-order valence-corrected chi connectivity index (χ1v) is 9.95. The lowest BCUT2D eigenvalue weighted by molar-refractivity contribution is -0.135. The van der Waals surface area contributed by atoms with Crippen molar-refractivity contribution in [3.8, 4) is 5.75 Å². The Balaban J connectivity index is 1.47. The lowest BCUT2D eigenvalue weighted by Gasteiger charge is -2.19. The van der Waals surface area contributed by atoms with Gasteiger partial charge >= 0.3 is 5.97 Å². The van der Waals surface area contributed by atoms with Crippen LogP contribution in [0.2, 0.25) is 0 Å². The molecule has 0 atom stereocenters. The third-order valence-corrected chi connectivity index (χ3v) is 5.19. The molecule has 0 saturated heterocycles. The number of benzene rings is 2. The van der Waals surface area contributed by atoms with Gasteiger partial charge in [0.25, 0.3) is 0 Å². The molecular formula is C24H24N2O3. The molecule has 148 valence electrons. The van der Waals surface area contributed by atoms with E-state index in [1.54, 1.807) is 12.4 Å². The number of hydrogen-bond donors (Lipinski definition) is 1. The Morgan fingerprint density at radius 1 is 1.10 bits per heavy atom. The number of aryl methyl sites for hydroxylation is 1. The zero-order valence-corrected chi connectivity index (χ0v) is 16.3. The number of hydrogen-bond acceptors (Lipinski definition) is 3. The fraction of sp³-hybridized carbons (Fsp3) is 0.250. The van der Waals surface area contributed by atoms with Crippen molar-refractivity contribution >= 4 is 5.97 Å². The molecule has 3 aromatic rings. The minimum Gasteiger partial charge on any atom is -0.475 e. The third-order valence-electron chi connectivity index (χ3n) is 5.19. The van der Waals surface area contributed by atoms with Crippen LogP contribution in [0.4, 0.5) is 0 Å². The van der Waals surface area contributed by atoms with Gasteiger partial charge in [-0.25, -0.2) is 9.78 Å². The molecule has 4 rings (SSSR count). The summed E-state index contributed by atoms with van der Waals surface area (Å²) in [5, 5.41) is 9.60. The van der Waals surface area contributed by atoms with Crippen molar-refractivity contribution in [1.82, 2.24) is 9.55 Å². The molecule has 0 bridgehead atoms. The van der Waals surface area contributed by atoms with Crippen LogP contribution < -0.4 is 4.74 Å². The van der Waals surface area contributed by atoms with Gasteiger partial charge in [0.05, 0.1) is 12.0 Å². The molecule has 5 nitrogen and oxygen atoms in total. The Bertz CT molecular complexity index is 1020. The Kier molecular flexibility index (Phi) is 5.75. The molecule has 5 heteroatoms. The topological polar surface area (TPSA) is 64.3 Å². The number of fused-ring (bicyclic) bond motifs is 1. The predicted octanol–water partition coefficient (Wildman–Crippen LogP) is 4.40. The molecule has 1 aromatic heterocycles. The van der Waals surface area contributed by atoms with Gasteiger partial charge in [-0.15, -0.1) is 0 Å². The van der Waals surface area contributed by atoms with Crippen LogP contribution in [0.25, 0.3) is 0 Å². The van der Waals surface area contributed by atoms with Gasteiger partial charge in [0, 0.05) is 19.2 Å². The second-order valence-electron chi connectivity index (χ2n) is 7.30. The highest BCUT2D eigenvalue weighted by Crippen LogP contribution is 2.30. The molecule has 29 heavy (non-hydrogen) atoms. The van der Waals surface area contributed by atoms with Crippen molar-refractivity contribution in [2.75, 3.05) is 0 Å². The monoisotopic (exact) mass is 388 g/mol. The highest BCUT2D eigenvalue weighted by molar-refractivity contribution is 5.84. The highest BCUT2D eigenvalue weighted by atomic mass is 16.5. The first-order valence-electron chi connectivity index (χ1n) is 9.95. The van der Waals surface area contributed by atoms with Gasteiger partial charge in [0.2, 0.25) is 5.76 Å². The summed E-state index contributed by atoms with van der Waals surface area (Å²) in [6.45, 7) is 0.387. The van der Waals surface area contributed by atoms with Gasteiger partial charge in [-0.2, -0.15) is 0 Å². The minimum atomic E-state index is -1.07. The molecule has 0 unspecified atom stereocenters. The molecule has 0 amide bonds. The van der Waals surface area contributed by atoms with Crippen LogP contribution in [0.5, 0.6) is 5.75 Å². The average molecular weight is 388 g/mol. The number of carbonyl (C=O) groups is 1. The fourth-order valence-corrected chi connectivity index (χ4v) is 3.72. The Morgan fingerprint density at radius 2 is 1.93 bits per heavy atom. The van der Waals surface area contributed by atoms with E-state index in [9.17, 15) is 9.90 Å². The number of rotatable bonds is 7. The van der Waals surface area contributed by atoms with Crippen molar-refractivity contribution in [2.24, 2.45) is 0 Å². The van der Waals surface area contributed by atoms with Crippen LogP contribution in [0, 0.1) is 0 Å². The predicted molar refractivity (Wildman–Crippen MR) is 111 cm³/mol. The first kappa shape index (κ1) is 19.0. The number of allylic oxidation sites excluding steroid dienone is 1. The molecule has 0 fully saturated rings. The van der Waals surface area contributed by atoms with Crippen molar-refractivity contribution < 1.29 is 14.6 Å². The summed E-state index contributed by atoms with van der Waals surface area (Å²) in [5.41, 5.74) is 4.54. The Labute approximate surface area is 170 Å². The van der Waals surface area contributed by atoms with Gasteiger partial charge in [-0.05, 0) is 54.5 Å². The molecule has 0 radical (unpaired) electrons. The molecule has 1 aliphatic rings. The third kappa shape index (κ3) is 4.74. The molecule has 0 spiro atoms. The van der Waals surface area contributed by atoms with Crippen molar-refractivity contribution in [2.45, 2.75) is 38.6 Å². The number of ether oxygens (including phenoxy) is 1. The van der Waals surface area contributed by atoms with Gasteiger partial charge in [0.15, 0.2) is 0 Å². The Morgan fingerprint density at radius 3 is 2.76 bits per heavy atom. The van der Waals surface area contributed by atoms with Crippen molar-refractivity contribution in [3.63, 3.8) is 0 Å². The van der Waals surface area contributed by atoms with Crippen LogP contribution in [0.3, 0.4) is 0 Å². The normalized spacial score (nSPS) is 13.7. The molecular weight excluding hydrogens is 364 g/mol. The standard InChI is InChI=1S/C24H24N2O3/c27-24(28)23(29-22-12-6-10-19-9-4-5-11-21(19)22)13-14-26-16-20(25-17-26)15-18-7-2-1-3-8-18/h1-3,6-8,10,12-13,16-17H,4-5,9,11,14-15H2,(H,27,28). The van der Waals surface area contributed by atoms with E-state index in [0.717, 1.165) is 36.9 Å². The maximum atomic E-state index is 11.7. The van der Waals surface area contributed by atoms with E-state index < -0.39 is 5.97 Å². The number of aliphatic carboxylic acids is 1. The van der Waals surface area contributed by atoms with Crippen molar-refractivity contribution in [3.05, 3.63) is 95.3 Å². The zero-order chi connectivity index (χ0) is 20.1. The summed E-state index contributed by atoms with van der Waals surface area (Å²) in [4.78, 5) is 16.1. The fourth-order valence-electron chi connectivity index (χ4n) is 3.72. The summed E-state index contributed by atoms with van der Waals surface area (Å²) >= 11 is 0. The van der Waals surface area contributed by atoms with Gasteiger partial charge in [-0.3, -0.25) is 0 Å². The van der Waals surface area contributed by atoms with E-state index in [4.69, 9.17) is 4.74 Å². The van der Waals surface area contributed by atoms with E-state index in [-0.39, 0.29) is 5.76 Å². The van der Waals surface area contributed by atoms with E-state index in [2.05, 4.69) is 23.2 Å². The minimum absolute atomic E-state index is 0.0534. The van der Waals surface area contributed by atoms with E-state index in [0.29, 0.717) is 12.3 Å². The van der Waals surface area contributed by atoms with Crippen LogP contribution in [0.1, 0.15) is 35.2 Å². The molecule has 1 N–H and O–H groups in total. The van der Waals surface area contributed by atoms with Gasteiger partial charge in [0.1, 0.15) is 5.75 Å². The second kappa shape index (κ2) is 8.78. The summed E-state index contributed by atoms with van der Waals surface area (Å²) < 4.78 is 7.69. The molecule has 0 saturated carbocycles. The van der Waals surface area contributed by atoms with Crippen LogP contribution in [0.15, 0.2) is 72.9 Å². The van der Waals surface area contributed by atoms with Crippen LogP contribution >= 0.6 is 0 Å². The quantitative estimate of drug-likeness (QED) is 0.481. The number of carboxylic acids is 1. The summed E-state index contributed by atoms with van der Waals surface area (Å²) in [7, 11) is 0. The smallest absolute Gasteiger partial charge is 0.371 e. The number of aromatic nitrogens is 2. The van der Waals surface area contributed by atoms with Gasteiger partial charge in [-0.1, -0.05) is 42.5 Å². The van der Waals surface area contributed by atoms with E-state index >= 15 is 0 Å². The largest absolute Gasteiger partial charge is 0.475 e. The molecule has 1 heterocycles. The second-order valence-corrected chi connectivity index (χ2v) is 7.30. The molecule has 1 aliphatic carbocycles. The van der Waals surface area contributed by atoms with E-state index in [1.807, 2.05) is 41.1 Å². The maximum absolute atomic E-state index is 11.7. The highest BCUT2D eigenvalue weighted by Gasteiger charge is 2.17. The maximum Gasteiger partial charge on any atom is 0.371 e. The van der Waals surface area contributed by atoms with Gasteiger partial charge < -0.3 is 14.4 Å². The Hall–Kier alpha value is -3.34. The summed E-state index contributed by atoms with van der Waals surface area (Å²) in [6, 6.07) is 16.0. The average Bonchev–Trinajstić information content (AvgIpc) is 3.19. The van der Waals surface area contributed by atoms with Crippen molar-refractivity contribution in [1.29, 1.82) is 0 Å². The first-order chi connectivity index (χ1) is 14.2. The SMILES string of the molecule is O=C(O)C(=CCn1cnc(Cc2ccccc2)c1)Oc1cccc2c1CCCC2. The lowest BCUT2D eigenvalue weighted by atomic mass is 9.91. The number of nitrogens with zero attached hydrogens (tertiary/aromatic N) is 2. The zero-order valence-electron chi connectivity index (χ0n) is 16.3. The molecule has 2 aromatic carbocycles. The molecule has 0 aliphatic heterocycles. The number of carboxylic acid groups (broad SMARTS) is 1. The lowest BCUT2D eigenvalue weighted by Crippen LogP contribution is -2.12. The number of imidazole rings is 1. The summed E-state index contributed by atoms with van der Waals surface area (Å²) in [6.07, 6.45) is 10.2. The van der Waals surface area contributed by atoms with Crippen LogP contribution in [-0.2, 0) is 30.6 Å². The van der Waals surface area contributed by atoms with E-state index in [1.165, 1.54) is 17.5 Å².